The third-order valence-electron chi connectivity index (χ3n) is 3.81. The number of hydrogen-bond donors (Lipinski definition) is 1. The molecule has 1 aliphatic rings. The molecule has 1 saturated heterocycles. The predicted molar refractivity (Wildman–Crippen MR) is 89.5 cm³/mol. The molecule has 1 amide bonds. The fourth-order valence-electron chi connectivity index (χ4n) is 2.64. The molecule has 1 aliphatic heterocycles. The molecule has 0 bridgehead atoms. The van der Waals surface area contributed by atoms with Gasteiger partial charge in [-0.2, -0.15) is 0 Å². The van der Waals surface area contributed by atoms with Crippen LogP contribution in [0.4, 0.5) is 5.69 Å². The van der Waals surface area contributed by atoms with Gasteiger partial charge in [-0.05, 0) is 42.3 Å². The van der Waals surface area contributed by atoms with Crippen molar-refractivity contribution in [2.45, 2.75) is 12.8 Å². The molecule has 2 aromatic rings. The van der Waals surface area contributed by atoms with E-state index in [9.17, 15) is 14.7 Å². The van der Waals surface area contributed by atoms with Gasteiger partial charge in [0.05, 0.1) is 0 Å². The molecule has 0 spiro atoms. The van der Waals surface area contributed by atoms with Crippen molar-refractivity contribution in [2.24, 2.45) is 0 Å². The zero-order valence-electron chi connectivity index (χ0n) is 12.6. The molecular weight excluding hydrogens is 290 g/mol. The molecule has 4 heteroatoms. The number of nitrogens with zero attached hydrogens (tertiary/aromatic N) is 1. The first-order chi connectivity index (χ1) is 11.1. The van der Waals surface area contributed by atoms with E-state index in [0.29, 0.717) is 18.5 Å². The Kier molecular flexibility index (Phi) is 4.24. The second-order valence-corrected chi connectivity index (χ2v) is 5.49. The highest BCUT2D eigenvalue weighted by atomic mass is 16.3. The fraction of sp³-hybridized carbons (Fsp3) is 0.158. The summed E-state index contributed by atoms with van der Waals surface area (Å²) in [7, 11) is 0. The Bertz CT molecular complexity index is 780. The Morgan fingerprint density at radius 3 is 2.70 bits per heavy atom. The van der Waals surface area contributed by atoms with Gasteiger partial charge in [0.25, 0.3) is 0 Å². The lowest BCUT2D eigenvalue weighted by Crippen LogP contribution is -2.23. The predicted octanol–water partition coefficient (Wildman–Crippen LogP) is 3.42. The van der Waals surface area contributed by atoms with Crippen LogP contribution in [0.2, 0.25) is 0 Å². The van der Waals surface area contributed by atoms with Gasteiger partial charge in [0.2, 0.25) is 5.91 Å². The number of ketones is 1. The molecule has 0 aromatic heterocycles. The molecule has 1 heterocycles. The number of aromatic hydroxyl groups is 1. The van der Waals surface area contributed by atoms with Gasteiger partial charge >= 0.3 is 0 Å². The van der Waals surface area contributed by atoms with E-state index in [1.165, 1.54) is 6.08 Å². The molecule has 116 valence electrons. The maximum atomic E-state index is 12.3. The van der Waals surface area contributed by atoms with E-state index in [2.05, 4.69) is 0 Å². The third kappa shape index (κ3) is 3.48. The quantitative estimate of drug-likeness (QED) is 0.695. The van der Waals surface area contributed by atoms with Gasteiger partial charge in [-0.1, -0.05) is 30.3 Å². The van der Waals surface area contributed by atoms with Crippen molar-refractivity contribution in [1.82, 2.24) is 0 Å². The number of carbonyl (C=O) groups excluding carboxylic acids is 2. The highest BCUT2D eigenvalue weighted by molar-refractivity contribution is 6.08. The Labute approximate surface area is 134 Å². The maximum Gasteiger partial charge on any atom is 0.227 e. The summed E-state index contributed by atoms with van der Waals surface area (Å²) in [4.78, 5) is 25.8. The molecule has 1 N–H and O–H groups in total. The van der Waals surface area contributed by atoms with Crippen LogP contribution >= 0.6 is 0 Å². The molecule has 0 atom stereocenters. The third-order valence-corrected chi connectivity index (χ3v) is 3.81. The van der Waals surface area contributed by atoms with Crippen LogP contribution in [0.3, 0.4) is 0 Å². The van der Waals surface area contributed by atoms with Crippen LogP contribution in [0.15, 0.2) is 54.6 Å². The molecule has 0 aliphatic carbocycles. The summed E-state index contributed by atoms with van der Waals surface area (Å²) in [5.74, 6) is 0.126. The van der Waals surface area contributed by atoms with Crippen molar-refractivity contribution in [3.63, 3.8) is 0 Å². The molecular formula is C19H17NO3. The minimum absolute atomic E-state index is 0.102. The summed E-state index contributed by atoms with van der Waals surface area (Å²) < 4.78 is 0. The molecule has 4 nitrogen and oxygen atoms in total. The van der Waals surface area contributed by atoms with Gasteiger partial charge in [0, 0.05) is 24.2 Å². The number of phenolic OH excluding ortho intramolecular Hbond substituents is 1. The summed E-state index contributed by atoms with van der Waals surface area (Å²) in [5.41, 5.74) is 2.06. The van der Waals surface area contributed by atoms with Crippen molar-refractivity contribution in [1.29, 1.82) is 0 Å². The van der Waals surface area contributed by atoms with Crippen LogP contribution in [0.1, 0.15) is 28.8 Å². The summed E-state index contributed by atoms with van der Waals surface area (Å²) in [6.45, 7) is 0.704. The van der Waals surface area contributed by atoms with E-state index < -0.39 is 0 Å². The van der Waals surface area contributed by atoms with E-state index in [0.717, 1.165) is 17.7 Å². The normalized spacial score (nSPS) is 14.6. The highest BCUT2D eigenvalue weighted by Gasteiger charge is 2.21. The number of phenols is 1. The van der Waals surface area contributed by atoms with E-state index in [1.54, 1.807) is 47.4 Å². The zero-order chi connectivity index (χ0) is 16.2. The van der Waals surface area contributed by atoms with Gasteiger partial charge < -0.3 is 10.0 Å². The maximum absolute atomic E-state index is 12.3. The van der Waals surface area contributed by atoms with Crippen LogP contribution < -0.4 is 4.90 Å². The number of rotatable bonds is 4. The van der Waals surface area contributed by atoms with Gasteiger partial charge in [0.1, 0.15) is 5.75 Å². The smallest absolute Gasteiger partial charge is 0.227 e. The van der Waals surface area contributed by atoms with E-state index in [1.807, 2.05) is 12.1 Å². The van der Waals surface area contributed by atoms with Crippen molar-refractivity contribution >= 4 is 23.5 Å². The van der Waals surface area contributed by atoms with E-state index >= 15 is 0 Å². The number of anilines is 1. The minimum Gasteiger partial charge on any atom is -0.508 e. The highest BCUT2D eigenvalue weighted by Crippen LogP contribution is 2.22. The van der Waals surface area contributed by atoms with Crippen LogP contribution in [0, 0.1) is 0 Å². The first kappa shape index (κ1) is 15.0. The average Bonchev–Trinajstić information content (AvgIpc) is 2.99. The lowest BCUT2D eigenvalue weighted by atomic mass is 10.1. The number of benzene rings is 2. The summed E-state index contributed by atoms with van der Waals surface area (Å²) >= 11 is 0. The average molecular weight is 307 g/mol. The summed E-state index contributed by atoms with van der Waals surface area (Å²) in [6.07, 6.45) is 4.55. The lowest BCUT2D eigenvalue weighted by Gasteiger charge is -2.16. The van der Waals surface area contributed by atoms with Crippen molar-refractivity contribution in [3.05, 3.63) is 65.7 Å². The lowest BCUT2D eigenvalue weighted by molar-refractivity contribution is -0.117. The molecule has 3 rings (SSSR count). The SMILES string of the molecule is O=C(/C=C/c1cccc(O)c1)c1cccc(N2CCCC2=O)c1. The Morgan fingerprint density at radius 1 is 1.13 bits per heavy atom. The zero-order valence-corrected chi connectivity index (χ0v) is 12.6. The second kappa shape index (κ2) is 6.48. The van der Waals surface area contributed by atoms with Gasteiger partial charge in [-0.25, -0.2) is 0 Å². The Morgan fingerprint density at radius 2 is 1.96 bits per heavy atom. The number of carbonyl (C=O) groups is 2. The number of amides is 1. The number of allylic oxidation sites excluding steroid dienone is 1. The molecule has 23 heavy (non-hydrogen) atoms. The Balaban J connectivity index is 1.78. The molecule has 2 aromatic carbocycles. The molecule has 1 fully saturated rings. The monoisotopic (exact) mass is 307 g/mol. The number of hydrogen-bond acceptors (Lipinski definition) is 3. The first-order valence-corrected chi connectivity index (χ1v) is 7.55. The van der Waals surface area contributed by atoms with Gasteiger partial charge in [-0.15, -0.1) is 0 Å². The standard InChI is InChI=1S/C19H17NO3/c21-17-7-1-4-14(12-17)9-10-18(22)15-5-2-6-16(13-15)20-11-3-8-19(20)23/h1-2,4-7,9-10,12-13,21H,3,8,11H2/b10-9+. The van der Waals surface area contributed by atoms with Gasteiger partial charge in [0.15, 0.2) is 5.78 Å². The Hall–Kier alpha value is -2.88. The minimum atomic E-state index is -0.137. The van der Waals surface area contributed by atoms with Crippen LogP contribution in [-0.4, -0.2) is 23.3 Å². The van der Waals surface area contributed by atoms with Crippen molar-refractivity contribution < 1.29 is 14.7 Å². The van der Waals surface area contributed by atoms with Gasteiger partial charge in [-0.3, -0.25) is 9.59 Å². The first-order valence-electron chi connectivity index (χ1n) is 7.55. The van der Waals surface area contributed by atoms with E-state index in [4.69, 9.17) is 0 Å². The van der Waals surface area contributed by atoms with Crippen molar-refractivity contribution in [2.75, 3.05) is 11.4 Å². The topological polar surface area (TPSA) is 57.6 Å². The molecule has 0 saturated carbocycles. The largest absolute Gasteiger partial charge is 0.508 e. The molecule has 0 radical (unpaired) electrons. The second-order valence-electron chi connectivity index (χ2n) is 5.49. The summed E-state index contributed by atoms with van der Waals surface area (Å²) in [5, 5.41) is 9.42. The van der Waals surface area contributed by atoms with E-state index in [-0.39, 0.29) is 17.4 Å². The fourth-order valence-corrected chi connectivity index (χ4v) is 2.64. The van der Waals surface area contributed by atoms with Crippen LogP contribution in [0.25, 0.3) is 6.08 Å². The molecule has 0 unspecified atom stereocenters. The van der Waals surface area contributed by atoms with Crippen LogP contribution in [-0.2, 0) is 4.79 Å². The summed E-state index contributed by atoms with van der Waals surface area (Å²) in [6, 6.07) is 13.8. The van der Waals surface area contributed by atoms with Crippen LogP contribution in [0.5, 0.6) is 5.75 Å². The van der Waals surface area contributed by atoms with Crippen molar-refractivity contribution in [3.8, 4) is 5.75 Å².